The molecule has 0 atom stereocenters. The zero-order chi connectivity index (χ0) is 10.6. The van der Waals surface area contributed by atoms with E-state index in [9.17, 15) is 0 Å². The SMILES string of the molecule is CC/C(=N\c1cnccc1C)C(C)C. The first-order valence-corrected chi connectivity index (χ1v) is 5.13. The predicted octanol–water partition coefficient (Wildman–Crippen LogP) is 3.53. The average molecular weight is 190 g/mol. The molecule has 0 N–H and O–H groups in total. The van der Waals surface area contributed by atoms with E-state index in [-0.39, 0.29) is 0 Å². The third kappa shape index (κ3) is 2.66. The van der Waals surface area contributed by atoms with Gasteiger partial charge in [0.1, 0.15) is 0 Å². The van der Waals surface area contributed by atoms with Crippen molar-refractivity contribution in [3.05, 3.63) is 24.0 Å². The molecular formula is C12H18N2. The maximum atomic E-state index is 4.63. The Morgan fingerprint density at radius 2 is 2.21 bits per heavy atom. The Hall–Kier alpha value is -1.18. The average Bonchev–Trinajstić information content (AvgIpc) is 2.16. The molecule has 0 saturated carbocycles. The monoisotopic (exact) mass is 190 g/mol. The van der Waals surface area contributed by atoms with Crippen LogP contribution in [0, 0.1) is 12.8 Å². The molecule has 1 rings (SSSR count). The highest BCUT2D eigenvalue weighted by molar-refractivity contribution is 5.88. The summed E-state index contributed by atoms with van der Waals surface area (Å²) in [6, 6.07) is 1.99. The van der Waals surface area contributed by atoms with E-state index in [0.717, 1.165) is 12.1 Å². The van der Waals surface area contributed by atoms with Crippen LogP contribution in [-0.2, 0) is 0 Å². The van der Waals surface area contributed by atoms with Gasteiger partial charge in [-0.15, -0.1) is 0 Å². The van der Waals surface area contributed by atoms with Crippen LogP contribution >= 0.6 is 0 Å². The first kappa shape index (κ1) is 10.9. The normalized spacial score (nSPS) is 12.2. The largest absolute Gasteiger partial charge is 0.262 e. The topological polar surface area (TPSA) is 25.2 Å². The molecule has 0 radical (unpaired) electrons. The Bertz CT molecular complexity index is 327. The van der Waals surface area contributed by atoms with Crippen LogP contribution in [0.2, 0.25) is 0 Å². The van der Waals surface area contributed by atoms with E-state index in [4.69, 9.17) is 0 Å². The fraction of sp³-hybridized carbons (Fsp3) is 0.500. The van der Waals surface area contributed by atoms with Crippen molar-refractivity contribution in [3.8, 4) is 0 Å². The number of hydrogen-bond acceptors (Lipinski definition) is 2. The van der Waals surface area contributed by atoms with Crippen molar-refractivity contribution in [3.63, 3.8) is 0 Å². The zero-order valence-corrected chi connectivity index (χ0v) is 9.41. The smallest absolute Gasteiger partial charge is 0.0841 e. The van der Waals surface area contributed by atoms with Crippen LogP contribution in [0.25, 0.3) is 0 Å². The van der Waals surface area contributed by atoms with Crippen molar-refractivity contribution in [1.29, 1.82) is 0 Å². The third-order valence-electron chi connectivity index (χ3n) is 2.30. The molecule has 2 nitrogen and oxygen atoms in total. The zero-order valence-electron chi connectivity index (χ0n) is 9.41. The fourth-order valence-corrected chi connectivity index (χ4v) is 1.34. The Labute approximate surface area is 86.1 Å². The van der Waals surface area contributed by atoms with Crippen molar-refractivity contribution < 1.29 is 0 Å². The first-order valence-electron chi connectivity index (χ1n) is 5.13. The molecule has 76 valence electrons. The summed E-state index contributed by atoms with van der Waals surface area (Å²) in [6.07, 6.45) is 4.63. The molecular weight excluding hydrogens is 172 g/mol. The minimum absolute atomic E-state index is 0.514. The Morgan fingerprint density at radius 1 is 1.50 bits per heavy atom. The Morgan fingerprint density at radius 3 is 2.71 bits per heavy atom. The summed E-state index contributed by atoms with van der Waals surface area (Å²) < 4.78 is 0. The number of nitrogens with zero attached hydrogens (tertiary/aromatic N) is 2. The number of aliphatic imine (C=N–C) groups is 1. The van der Waals surface area contributed by atoms with Gasteiger partial charge in [-0.3, -0.25) is 9.98 Å². The van der Waals surface area contributed by atoms with E-state index >= 15 is 0 Å². The second-order valence-electron chi connectivity index (χ2n) is 3.77. The molecule has 14 heavy (non-hydrogen) atoms. The first-order chi connectivity index (χ1) is 6.65. The van der Waals surface area contributed by atoms with Crippen LogP contribution in [0.3, 0.4) is 0 Å². The molecule has 0 aromatic carbocycles. The highest BCUT2D eigenvalue weighted by atomic mass is 14.8. The second-order valence-corrected chi connectivity index (χ2v) is 3.77. The van der Waals surface area contributed by atoms with E-state index in [1.807, 2.05) is 12.3 Å². The summed E-state index contributed by atoms with van der Waals surface area (Å²) in [4.78, 5) is 8.72. The fourth-order valence-electron chi connectivity index (χ4n) is 1.34. The lowest BCUT2D eigenvalue weighted by molar-refractivity contribution is 0.857. The van der Waals surface area contributed by atoms with Gasteiger partial charge in [0.25, 0.3) is 0 Å². The van der Waals surface area contributed by atoms with Gasteiger partial charge in [-0.05, 0) is 30.9 Å². The summed E-state index contributed by atoms with van der Waals surface area (Å²) >= 11 is 0. The van der Waals surface area contributed by atoms with Gasteiger partial charge in [0, 0.05) is 11.9 Å². The van der Waals surface area contributed by atoms with E-state index in [1.54, 1.807) is 6.20 Å². The van der Waals surface area contributed by atoms with E-state index < -0.39 is 0 Å². The van der Waals surface area contributed by atoms with Crippen molar-refractivity contribution in [2.24, 2.45) is 10.9 Å². The Balaban J connectivity index is 3.00. The molecule has 0 unspecified atom stereocenters. The molecule has 0 spiro atoms. The summed E-state index contributed by atoms with van der Waals surface area (Å²) in [5, 5.41) is 0. The maximum Gasteiger partial charge on any atom is 0.0841 e. The molecule has 0 saturated heterocycles. The van der Waals surface area contributed by atoms with Crippen LogP contribution in [0.5, 0.6) is 0 Å². The van der Waals surface area contributed by atoms with Gasteiger partial charge in [0.15, 0.2) is 0 Å². The van der Waals surface area contributed by atoms with Gasteiger partial charge in [-0.1, -0.05) is 20.8 Å². The number of pyridine rings is 1. The molecule has 1 aromatic heterocycles. The lowest BCUT2D eigenvalue weighted by atomic mass is 10.1. The van der Waals surface area contributed by atoms with Crippen molar-refractivity contribution in [1.82, 2.24) is 4.98 Å². The van der Waals surface area contributed by atoms with Crippen molar-refractivity contribution in [2.45, 2.75) is 34.1 Å². The maximum absolute atomic E-state index is 4.63. The molecule has 0 fully saturated rings. The van der Waals surface area contributed by atoms with Crippen LogP contribution in [0.15, 0.2) is 23.5 Å². The van der Waals surface area contributed by atoms with Gasteiger partial charge in [0.05, 0.1) is 11.9 Å². The van der Waals surface area contributed by atoms with Crippen molar-refractivity contribution in [2.75, 3.05) is 0 Å². The highest BCUT2D eigenvalue weighted by Crippen LogP contribution is 2.18. The number of aryl methyl sites for hydroxylation is 1. The van der Waals surface area contributed by atoms with E-state index in [0.29, 0.717) is 5.92 Å². The second kappa shape index (κ2) is 4.89. The molecule has 0 aliphatic rings. The molecule has 0 amide bonds. The number of hydrogen-bond donors (Lipinski definition) is 0. The quantitative estimate of drug-likeness (QED) is 0.669. The Kier molecular flexibility index (Phi) is 3.81. The molecule has 2 heteroatoms. The van der Waals surface area contributed by atoms with E-state index in [2.05, 4.69) is 37.7 Å². The summed E-state index contributed by atoms with van der Waals surface area (Å²) in [7, 11) is 0. The highest BCUT2D eigenvalue weighted by Gasteiger charge is 2.03. The lowest BCUT2D eigenvalue weighted by Gasteiger charge is -2.08. The predicted molar refractivity (Wildman–Crippen MR) is 61.2 cm³/mol. The van der Waals surface area contributed by atoms with Crippen LogP contribution in [0.4, 0.5) is 5.69 Å². The van der Waals surface area contributed by atoms with Gasteiger partial charge in [-0.2, -0.15) is 0 Å². The molecule has 1 aromatic rings. The standard InChI is InChI=1S/C12H18N2/c1-5-11(9(2)3)14-12-8-13-7-6-10(12)4/h6-9H,5H2,1-4H3/b14-11+. The summed E-state index contributed by atoms with van der Waals surface area (Å²) in [6.45, 7) is 8.56. The summed E-state index contributed by atoms with van der Waals surface area (Å²) in [5.74, 6) is 0.514. The summed E-state index contributed by atoms with van der Waals surface area (Å²) in [5.41, 5.74) is 3.42. The molecule has 0 aliphatic carbocycles. The lowest BCUT2D eigenvalue weighted by Crippen LogP contribution is -2.05. The van der Waals surface area contributed by atoms with Crippen LogP contribution in [0.1, 0.15) is 32.8 Å². The van der Waals surface area contributed by atoms with E-state index in [1.165, 1.54) is 11.3 Å². The minimum Gasteiger partial charge on any atom is -0.262 e. The molecule has 1 heterocycles. The van der Waals surface area contributed by atoms with Crippen LogP contribution < -0.4 is 0 Å². The number of rotatable bonds is 3. The van der Waals surface area contributed by atoms with Gasteiger partial charge < -0.3 is 0 Å². The molecule has 0 aliphatic heterocycles. The number of aromatic nitrogens is 1. The third-order valence-corrected chi connectivity index (χ3v) is 2.30. The van der Waals surface area contributed by atoms with Gasteiger partial charge in [0.2, 0.25) is 0 Å². The van der Waals surface area contributed by atoms with Crippen molar-refractivity contribution >= 4 is 11.4 Å². The van der Waals surface area contributed by atoms with Gasteiger partial charge in [-0.25, -0.2) is 0 Å². The van der Waals surface area contributed by atoms with Gasteiger partial charge >= 0.3 is 0 Å². The molecule has 0 bridgehead atoms. The minimum atomic E-state index is 0.514. The van der Waals surface area contributed by atoms with Crippen LogP contribution in [-0.4, -0.2) is 10.7 Å².